The van der Waals surface area contributed by atoms with E-state index < -0.39 is 0 Å². The molecule has 0 aliphatic carbocycles. The van der Waals surface area contributed by atoms with Gasteiger partial charge in [-0.2, -0.15) is 0 Å². The fourth-order valence-corrected chi connectivity index (χ4v) is 3.34. The van der Waals surface area contributed by atoms with Gasteiger partial charge in [-0.1, -0.05) is 71.0 Å². The van der Waals surface area contributed by atoms with E-state index in [-0.39, 0.29) is 11.5 Å². The van der Waals surface area contributed by atoms with Crippen LogP contribution in [0.3, 0.4) is 0 Å². The number of ether oxygens (including phenoxy) is 1. The van der Waals surface area contributed by atoms with Crippen LogP contribution < -0.4 is 4.74 Å². The third-order valence-electron chi connectivity index (χ3n) is 4.09. The summed E-state index contributed by atoms with van der Waals surface area (Å²) in [6.07, 6.45) is 1.15. The molecule has 2 aromatic rings. The van der Waals surface area contributed by atoms with E-state index in [1.165, 1.54) is 5.56 Å². The third-order valence-corrected chi connectivity index (χ3v) is 4.09. The second-order valence-corrected chi connectivity index (χ2v) is 8.22. The lowest BCUT2D eigenvalue weighted by molar-refractivity contribution is 0.226. The summed E-state index contributed by atoms with van der Waals surface area (Å²) >= 11 is 0. The van der Waals surface area contributed by atoms with E-state index in [2.05, 4.69) is 71.9 Å². The predicted molar refractivity (Wildman–Crippen MR) is 97.9 cm³/mol. The SMILES string of the molecule is CC(Oc1ccc(C(C)(C)CC(C)(C)C)cc1)c1[c]cccc1. The Kier molecular flexibility index (Phi) is 5.19. The maximum Gasteiger partial charge on any atom is 0.122 e. The van der Waals surface area contributed by atoms with Crippen molar-refractivity contribution in [1.29, 1.82) is 0 Å². The largest absolute Gasteiger partial charge is 0.486 e. The van der Waals surface area contributed by atoms with Gasteiger partial charge in [0.2, 0.25) is 0 Å². The molecule has 1 heteroatoms. The number of hydrogen-bond acceptors (Lipinski definition) is 1. The molecule has 0 saturated heterocycles. The zero-order chi connectivity index (χ0) is 17.1. The Hall–Kier alpha value is -1.76. The lowest BCUT2D eigenvalue weighted by atomic mass is 9.72. The number of hydrogen-bond donors (Lipinski definition) is 0. The average Bonchev–Trinajstić information content (AvgIpc) is 2.46. The second kappa shape index (κ2) is 6.78. The Morgan fingerprint density at radius 1 is 0.957 bits per heavy atom. The standard InChI is InChI=1S/C22H29O/c1-17(18-10-8-7-9-11-18)23-20-14-12-19(13-15-20)22(5,6)16-21(2,3)4/h7-10,12-15,17H,16H2,1-6H3. The van der Waals surface area contributed by atoms with E-state index in [1.807, 2.05) is 24.3 Å². The van der Waals surface area contributed by atoms with E-state index in [9.17, 15) is 0 Å². The molecule has 0 aromatic heterocycles. The molecule has 0 aliphatic heterocycles. The van der Waals surface area contributed by atoms with Crippen LogP contribution in [0, 0.1) is 11.5 Å². The van der Waals surface area contributed by atoms with Crippen molar-refractivity contribution in [1.82, 2.24) is 0 Å². The molecule has 0 N–H and O–H groups in total. The molecule has 0 amide bonds. The highest BCUT2D eigenvalue weighted by atomic mass is 16.5. The zero-order valence-electron chi connectivity index (χ0n) is 15.3. The highest BCUT2D eigenvalue weighted by molar-refractivity contribution is 5.32. The maximum absolute atomic E-state index is 6.04. The summed E-state index contributed by atoms with van der Waals surface area (Å²) in [7, 11) is 0. The lowest BCUT2D eigenvalue weighted by Crippen LogP contribution is -2.24. The maximum atomic E-state index is 6.04. The van der Waals surface area contributed by atoms with Gasteiger partial charge in [-0.3, -0.25) is 0 Å². The topological polar surface area (TPSA) is 9.23 Å². The fourth-order valence-electron chi connectivity index (χ4n) is 3.34. The molecule has 0 heterocycles. The summed E-state index contributed by atoms with van der Waals surface area (Å²) in [5, 5.41) is 0. The molecule has 0 aliphatic rings. The van der Waals surface area contributed by atoms with Gasteiger partial charge >= 0.3 is 0 Å². The molecule has 0 fully saturated rings. The smallest absolute Gasteiger partial charge is 0.122 e. The van der Waals surface area contributed by atoms with Gasteiger partial charge in [0, 0.05) is 0 Å². The monoisotopic (exact) mass is 309 g/mol. The van der Waals surface area contributed by atoms with Crippen LogP contribution in [0.4, 0.5) is 0 Å². The third kappa shape index (κ3) is 5.13. The highest BCUT2D eigenvalue weighted by Gasteiger charge is 2.27. The normalized spacial score (nSPS) is 13.7. The van der Waals surface area contributed by atoms with Crippen LogP contribution in [0.5, 0.6) is 5.75 Å². The Labute approximate surface area is 141 Å². The van der Waals surface area contributed by atoms with Crippen molar-refractivity contribution in [3.05, 3.63) is 65.7 Å². The summed E-state index contributed by atoms with van der Waals surface area (Å²) in [4.78, 5) is 0. The van der Waals surface area contributed by atoms with Crippen molar-refractivity contribution >= 4 is 0 Å². The Morgan fingerprint density at radius 3 is 2.13 bits per heavy atom. The van der Waals surface area contributed by atoms with E-state index >= 15 is 0 Å². The molecule has 1 nitrogen and oxygen atoms in total. The van der Waals surface area contributed by atoms with Gasteiger partial charge in [-0.15, -0.1) is 0 Å². The molecule has 0 bridgehead atoms. The quantitative estimate of drug-likeness (QED) is 0.626. The molecule has 1 radical (unpaired) electrons. The van der Waals surface area contributed by atoms with Gasteiger partial charge in [-0.05, 0) is 53.5 Å². The first-order valence-electron chi connectivity index (χ1n) is 8.41. The van der Waals surface area contributed by atoms with Gasteiger partial charge in [0.15, 0.2) is 0 Å². The molecular weight excluding hydrogens is 280 g/mol. The van der Waals surface area contributed by atoms with Gasteiger partial charge in [0.1, 0.15) is 11.9 Å². The van der Waals surface area contributed by atoms with Gasteiger partial charge in [-0.25, -0.2) is 0 Å². The highest BCUT2D eigenvalue weighted by Crippen LogP contribution is 2.36. The van der Waals surface area contributed by atoms with Crippen molar-refractivity contribution in [2.24, 2.45) is 5.41 Å². The Balaban J connectivity index is 2.08. The second-order valence-electron chi connectivity index (χ2n) is 8.22. The summed E-state index contributed by atoms with van der Waals surface area (Å²) < 4.78 is 6.04. The molecule has 23 heavy (non-hydrogen) atoms. The van der Waals surface area contributed by atoms with E-state index in [1.54, 1.807) is 0 Å². The molecule has 1 atom stereocenters. The average molecular weight is 309 g/mol. The molecule has 123 valence electrons. The molecule has 2 aromatic carbocycles. The van der Waals surface area contributed by atoms with Crippen LogP contribution in [0.15, 0.2) is 48.5 Å². The van der Waals surface area contributed by atoms with Crippen LogP contribution in [-0.2, 0) is 5.41 Å². The Bertz CT molecular complexity index is 603. The first kappa shape index (κ1) is 17.6. The van der Waals surface area contributed by atoms with Crippen molar-refractivity contribution in [3.8, 4) is 5.75 Å². The van der Waals surface area contributed by atoms with Gasteiger partial charge in [0.25, 0.3) is 0 Å². The van der Waals surface area contributed by atoms with Crippen LogP contribution in [-0.4, -0.2) is 0 Å². The number of benzene rings is 2. The minimum atomic E-state index is 0.00429. The summed E-state index contributed by atoms with van der Waals surface area (Å²) in [5.74, 6) is 0.907. The minimum Gasteiger partial charge on any atom is -0.486 e. The first-order chi connectivity index (χ1) is 10.7. The van der Waals surface area contributed by atoms with E-state index in [4.69, 9.17) is 4.74 Å². The summed E-state index contributed by atoms with van der Waals surface area (Å²) in [6, 6.07) is 19.7. The van der Waals surface area contributed by atoms with Crippen molar-refractivity contribution < 1.29 is 4.74 Å². The Morgan fingerprint density at radius 2 is 1.61 bits per heavy atom. The summed E-state index contributed by atoms with van der Waals surface area (Å²) in [6.45, 7) is 13.6. The number of rotatable bonds is 5. The molecule has 2 rings (SSSR count). The van der Waals surface area contributed by atoms with E-state index in [0.717, 1.165) is 17.7 Å². The summed E-state index contributed by atoms with van der Waals surface area (Å²) in [5.41, 5.74) is 2.91. The van der Waals surface area contributed by atoms with Crippen LogP contribution >= 0.6 is 0 Å². The van der Waals surface area contributed by atoms with Crippen LogP contribution in [0.1, 0.15) is 65.2 Å². The van der Waals surface area contributed by atoms with Crippen LogP contribution in [0.25, 0.3) is 0 Å². The van der Waals surface area contributed by atoms with Gasteiger partial charge in [0.05, 0.1) is 0 Å². The molecule has 0 spiro atoms. The molecule has 1 unspecified atom stereocenters. The van der Waals surface area contributed by atoms with Crippen LogP contribution in [0.2, 0.25) is 0 Å². The fraction of sp³-hybridized carbons (Fsp3) is 0.455. The molecule has 0 saturated carbocycles. The van der Waals surface area contributed by atoms with Crippen molar-refractivity contribution in [2.75, 3.05) is 0 Å². The van der Waals surface area contributed by atoms with Gasteiger partial charge < -0.3 is 4.74 Å². The predicted octanol–water partition coefficient (Wildman–Crippen LogP) is 6.34. The van der Waals surface area contributed by atoms with Crippen molar-refractivity contribution in [2.45, 2.75) is 59.5 Å². The molecular formula is C22H29O. The van der Waals surface area contributed by atoms with E-state index in [0.29, 0.717) is 5.41 Å². The zero-order valence-corrected chi connectivity index (χ0v) is 15.3. The van der Waals surface area contributed by atoms with Crippen molar-refractivity contribution in [3.63, 3.8) is 0 Å². The first-order valence-corrected chi connectivity index (χ1v) is 8.41. The minimum absolute atomic E-state index is 0.00429. The lowest BCUT2D eigenvalue weighted by Gasteiger charge is -2.33.